The van der Waals surface area contributed by atoms with Gasteiger partial charge in [0, 0.05) is 23.5 Å². The number of benzene rings is 3. The summed E-state index contributed by atoms with van der Waals surface area (Å²) in [6, 6.07) is 17.5. The highest BCUT2D eigenvalue weighted by atomic mass is 35.5. The second kappa shape index (κ2) is 13.4. The number of nitrogens with zero attached hydrogens (tertiary/aromatic N) is 1. The molecule has 0 spiro atoms. The summed E-state index contributed by atoms with van der Waals surface area (Å²) in [6.45, 7) is 2.31. The number of anilines is 1. The molecule has 0 saturated heterocycles. The van der Waals surface area contributed by atoms with Gasteiger partial charge in [-0.1, -0.05) is 54.1 Å². The van der Waals surface area contributed by atoms with Crippen molar-refractivity contribution in [3.8, 4) is 11.3 Å². The van der Waals surface area contributed by atoms with Gasteiger partial charge in [-0.15, -0.1) is 0 Å². The van der Waals surface area contributed by atoms with Gasteiger partial charge in [-0.3, -0.25) is 9.59 Å². The van der Waals surface area contributed by atoms with Gasteiger partial charge in [0.25, 0.3) is 0 Å². The number of primary amides is 1. The molecule has 1 saturated carbocycles. The number of hydrogen-bond acceptors (Lipinski definition) is 7. The van der Waals surface area contributed by atoms with Crippen LogP contribution >= 0.6 is 11.6 Å². The number of nitrogens with two attached hydrogens (primary N) is 3. The van der Waals surface area contributed by atoms with Crippen LogP contribution in [0.15, 0.2) is 76.5 Å². The zero-order chi connectivity index (χ0) is 32.3. The van der Waals surface area contributed by atoms with Crippen molar-refractivity contribution in [2.24, 2.45) is 23.3 Å². The lowest BCUT2D eigenvalue weighted by atomic mass is 9.81. The third-order valence-electron chi connectivity index (χ3n) is 8.55. The van der Waals surface area contributed by atoms with E-state index in [2.05, 4.69) is 10.3 Å². The monoisotopic (exact) mass is 648 g/mol. The maximum atomic E-state index is 13.7. The fourth-order valence-electron chi connectivity index (χ4n) is 5.91. The molecule has 1 fully saturated rings. The molecular formula is C33H37ClN6O4S. The summed E-state index contributed by atoms with van der Waals surface area (Å²) in [5.74, 6) is -0.0768. The van der Waals surface area contributed by atoms with Crippen LogP contribution in [0.4, 0.5) is 5.69 Å². The van der Waals surface area contributed by atoms with E-state index in [1.54, 1.807) is 61.5 Å². The number of amides is 2. The molecule has 1 aliphatic carbocycles. The molecule has 5 rings (SSSR count). The van der Waals surface area contributed by atoms with E-state index in [1.165, 1.54) is 12.1 Å². The Morgan fingerprint density at radius 2 is 1.69 bits per heavy atom. The molecule has 12 heteroatoms. The predicted octanol–water partition coefficient (Wildman–Crippen LogP) is 4.72. The highest BCUT2D eigenvalue weighted by Gasteiger charge is 2.31. The summed E-state index contributed by atoms with van der Waals surface area (Å²) >= 11 is 6.61. The Morgan fingerprint density at radius 1 is 1.02 bits per heavy atom. The normalized spacial score (nSPS) is 17.5. The minimum absolute atomic E-state index is 0.0316. The van der Waals surface area contributed by atoms with Gasteiger partial charge in [-0.25, -0.2) is 13.4 Å². The first kappa shape index (κ1) is 32.2. The Labute approximate surface area is 267 Å². The minimum atomic E-state index is -3.92. The second-order valence-corrected chi connectivity index (χ2v) is 13.8. The van der Waals surface area contributed by atoms with Gasteiger partial charge in [0.15, 0.2) is 0 Å². The number of carbonyl (C=O) groups is 2. The summed E-state index contributed by atoms with van der Waals surface area (Å²) in [4.78, 5) is 33.2. The Balaban J connectivity index is 1.51. The lowest BCUT2D eigenvalue weighted by Crippen LogP contribution is -2.37. The number of aromatic nitrogens is 2. The van der Waals surface area contributed by atoms with E-state index in [0.717, 1.165) is 25.7 Å². The predicted molar refractivity (Wildman–Crippen MR) is 174 cm³/mol. The zero-order valence-electron chi connectivity index (χ0n) is 24.9. The Morgan fingerprint density at radius 3 is 2.31 bits per heavy atom. The van der Waals surface area contributed by atoms with Crippen LogP contribution in [0.2, 0.25) is 5.15 Å². The van der Waals surface area contributed by atoms with E-state index in [1.807, 2.05) is 0 Å². The maximum Gasteiger partial charge on any atom is 0.248 e. The molecule has 8 N–H and O–H groups in total. The van der Waals surface area contributed by atoms with Gasteiger partial charge in [0.1, 0.15) is 16.7 Å². The van der Waals surface area contributed by atoms with Crippen molar-refractivity contribution in [2.45, 2.75) is 54.9 Å². The Kier molecular flexibility index (Phi) is 9.62. The minimum Gasteiger partial charge on any atom is -0.397 e. The molecule has 0 bridgehead atoms. The van der Waals surface area contributed by atoms with E-state index in [0.29, 0.717) is 46.2 Å². The van der Waals surface area contributed by atoms with Crippen molar-refractivity contribution in [2.75, 3.05) is 12.3 Å². The van der Waals surface area contributed by atoms with Crippen LogP contribution in [0.25, 0.3) is 11.3 Å². The molecule has 3 aromatic carbocycles. The molecule has 1 aromatic heterocycles. The number of rotatable bonds is 10. The van der Waals surface area contributed by atoms with Crippen molar-refractivity contribution in [3.05, 3.63) is 94.4 Å². The lowest BCUT2D eigenvalue weighted by molar-refractivity contribution is -0.127. The van der Waals surface area contributed by atoms with Crippen molar-refractivity contribution >= 4 is 38.9 Å². The number of halogens is 1. The molecule has 10 nitrogen and oxygen atoms in total. The van der Waals surface area contributed by atoms with Crippen LogP contribution in [0.5, 0.6) is 0 Å². The number of nitrogen functional groups attached to an aromatic ring is 1. The van der Waals surface area contributed by atoms with E-state index in [9.17, 15) is 18.0 Å². The summed E-state index contributed by atoms with van der Waals surface area (Å²) < 4.78 is 27.3. The van der Waals surface area contributed by atoms with E-state index >= 15 is 0 Å². The van der Waals surface area contributed by atoms with Crippen LogP contribution in [-0.2, 0) is 21.1 Å². The summed E-state index contributed by atoms with van der Waals surface area (Å²) in [7, 11) is -3.92. The summed E-state index contributed by atoms with van der Waals surface area (Å²) in [5.41, 5.74) is 20.4. The molecule has 0 radical (unpaired) electrons. The topological polar surface area (TPSA) is 187 Å². The third-order valence-corrected chi connectivity index (χ3v) is 10.8. The number of nitrogens with one attached hydrogen (secondary N) is 2. The number of aryl methyl sites for hydroxylation is 1. The zero-order valence-corrected chi connectivity index (χ0v) is 26.5. The smallest absolute Gasteiger partial charge is 0.248 e. The lowest BCUT2D eigenvalue weighted by Gasteiger charge is -2.28. The molecule has 4 aromatic rings. The summed E-state index contributed by atoms with van der Waals surface area (Å²) in [5, 5.41) is 3.38. The highest BCUT2D eigenvalue weighted by Crippen LogP contribution is 2.35. The van der Waals surface area contributed by atoms with Gasteiger partial charge in [0.05, 0.1) is 21.5 Å². The van der Waals surface area contributed by atoms with Crippen LogP contribution in [0, 0.1) is 18.8 Å². The van der Waals surface area contributed by atoms with E-state index < -0.39 is 21.8 Å². The average Bonchev–Trinajstić information content (AvgIpc) is 3.43. The molecular weight excluding hydrogens is 612 g/mol. The first-order chi connectivity index (χ1) is 21.5. The van der Waals surface area contributed by atoms with Crippen molar-refractivity contribution in [3.63, 3.8) is 0 Å². The molecule has 0 aliphatic heterocycles. The van der Waals surface area contributed by atoms with Gasteiger partial charge >= 0.3 is 0 Å². The number of hydrogen-bond donors (Lipinski definition) is 5. The first-order valence-corrected chi connectivity index (χ1v) is 16.7. The van der Waals surface area contributed by atoms with Crippen molar-refractivity contribution in [1.29, 1.82) is 0 Å². The second-order valence-electron chi connectivity index (χ2n) is 11.5. The molecule has 236 valence electrons. The fraction of sp³-hybridized carbons (Fsp3) is 0.303. The summed E-state index contributed by atoms with van der Waals surface area (Å²) in [6.07, 6.45) is 3.36. The highest BCUT2D eigenvalue weighted by molar-refractivity contribution is 7.91. The molecule has 2 amide bonds. The molecule has 1 heterocycles. The van der Waals surface area contributed by atoms with Crippen LogP contribution in [-0.4, -0.2) is 36.7 Å². The molecule has 1 unspecified atom stereocenters. The van der Waals surface area contributed by atoms with Crippen LogP contribution in [0.3, 0.4) is 0 Å². The van der Waals surface area contributed by atoms with Gasteiger partial charge in [-0.05, 0) is 80.5 Å². The van der Waals surface area contributed by atoms with Crippen molar-refractivity contribution < 1.29 is 18.0 Å². The Bertz CT molecular complexity index is 1800. The molecule has 1 atom stereocenters. The van der Waals surface area contributed by atoms with E-state index in [-0.39, 0.29) is 38.9 Å². The fourth-order valence-corrected chi connectivity index (χ4v) is 7.82. The molecule has 45 heavy (non-hydrogen) atoms. The number of H-pyrrole nitrogens is 1. The third kappa shape index (κ3) is 6.90. The van der Waals surface area contributed by atoms with Crippen molar-refractivity contribution in [1.82, 2.24) is 15.3 Å². The maximum absolute atomic E-state index is 13.7. The van der Waals surface area contributed by atoms with Crippen LogP contribution < -0.4 is 22.5 Å². The largest absolute Gasteiger partial charge is 0.397 e. The van der Waals surface area contributed by atoms with Gasteiger partial charge in [-0.2, -0.15) is 0 Å². The number of carbonyl (C=O) groups excluding carboxylic acids is 2. The van der Waals surface area contributed by atoms with E-state index in [4.69, 9.17) is 33.8 Å². The number of aromatic amines is 1. The average molecular weight is 649 g/mol. The van der Waals surface area contributed by atoms with Crippen LogP contribution in [0.1, 0.15) is 59.0 Å². The van der Waals surface area contributed by atoms with Gasteiger partial charge in [0.2, 0.25) is 21.7 Å². The first-order valence-electron chi connectivity index (χ1n) is 14.8. The quantitative estimate of drug-likeness (QED) is 0.154. The Hall–Kier alpha value is -4.19. The number of imidazole rings is 1. The SMILES string of the molecule is Cc1ccc(CC(NC(=O)C2CCC(CN)CC2)c2nc(-c3ccc(C(N)=O)cc3)c(Cl)[nH]2)c(N)c1S(=O)(=O)c1ccccc1. The number of sulfone groups is 1. The van der Waals surface area contributed by atoms with Gasteiger partial charge < -0.3 is 27.5 Å². The standard InChI is InChI=1S/C33H37ClN6O4S/c1-19-7-10-24(27(36)29(19)45(43,44)25-5-3-2-4-6-25)17-26(38-33(42)23-11-8-20(18-35)9-12-23)32-39-28(30(34)40-32)21-13-15-22(16-14-21)31(37)41/h2-7,10,13-16,20,23,26H,8-9,11-12,17-18,35-36H2,1H3,(H2,37,41)(H,38,42)(H,39,40). The molecule has 1 aliphatic rings.